The standard InChI is InChI=1S/C22H25F3N6O2/c1-13-10-31-16(15(9-26-31)30-12-22(8-18(30)32)6-2-3-7-22)11-29(13)21(33)28-17-5-4-14(23)19(27-17)20(24)25/h4-5,9,13,20H,2-3,6-8,10-12H2,1H3,(H,27,28,33). The molecular weight excluding hydrogens is 437 g/mol. The van der Waals surface area contributed by atoms with Crippen molar-refractivity contribution in [1.29, 1.82) is 0 Å². The van der Waals surface area contributed by atoms with Crippen LogP contribution >= 0.6 is 0 Å². The molecule has 1 saturated heterocycles. The maximum Gasteiger partial charge on any atom is 0.323 e. The van der Waals surface area contributed by atoms with E-state index < -0.39 is 24.0 Å². The summed E-state index contributed by atoms with van der Waals surface area (Å²) in [4.78, 5) is 32.7. The molecule has 8 nitrogen and oxygen atoms in total. The zero-order valence-corrected chi connectivity index (χ0v) is 18.2. The predicted molar refractivity (Wildman–Crippen MR) is 113 cm³/mol. The lowest BCUT2D eigenvalue weighted by Gasteiger charge is -2.35. The first-order chi connectivity index (χ1) is 15.8. The van der Waals surface area contributed by atoms with Crippen LogP contribution in [0.4, 0.5) is 29.5 Å². The molecule has 2 aromatic heterocycles. The minimum Gasteiger partial charge on any atom is -0.314 e. The first-order valence-electron chi connectivity index (χ1n) is 11.1. The SMILES string of the molecule is CC1Cn2ncc(N3CC4(CCCC4)CC3=O)c2CN1C(=O)Nc1ccc(F)c(C(F)F)n1. The number of amides is 3. The summed E-state index contributed by atoms with van der Waals surface area (Å²) in [5.74, 6) is -1.20. The Balaban J connectivity index is 1.35. The van der Waals surface area contributed by atoms with Gasteiger partial charge in [-0.2, -0.15) is 5.10 Å². The van der Waals surface area contributed by atoms with Gasteiger partial charge in [-0.25, -0.2) is 22.9 Å². The van der Waals surface area contributed by atoms with Crippen LogP contribution in [-0.2, 0) is 17.9 Å². The Kier molecular flexibility index (Phi) is 5.29. The molecule has 33 heavy (non-hydrogen) atoms. The van der Waals surface area contributed by atoms with Gasteiger partial charge in [0.15, 0.2) is 5.82 Å². The average Bonchev–Trinajstić information content (AvgIpc) is 3.47. The van der Waals surface area contributed by atoms with Crippen LogP contribution in [0.15, 0.2) is 18.3 Å². The summed E-state index contributed by atoms with van der Waals surface area (Å²) in [5, 5.41) is 6.94. The number of fused-ring (bicyclic) bond motifs is 1. The van der Waals surface area contributed by atoms with E-state index in [2.05, 4.69) is 15.4 Å². The number of alkyl halides is 2. The van der Waals surface area contributed by atoms with E-state index in [-0.39, 0.29) is 29.7 Å². The number of hydrogen-bond acceptors (Lipinski definition) is 4. The smallest absolute Gasteiger partial charge is 0.314 e. The molecule has 1 aliphatic carbocycles. The van der Waals surface area contributed by atoms with Crippen molar-refractivity contribution in [2.75, 3.05) is 16.8 Å². The normalized spacial score (nSPS) is 21.8. The van der Waals surface area contributed by atoms with Crippen molar-refractivity contribution in [3.8, 4) is 0 Å². The van der Waals surface area contributed by atoms with E-state index in [1.165, 1.54) is 0 Å². The molecule has 1 atom stereocenters. The molecule has 2 fully saturated rings. The first kappa shape index (κ1) is 21.7. The van der Waals surface area contributed by atoms with Crippen LogP contribution < -0.4 is 10.2 Å². The van der Waals surface area contributed by atoms with Gasteiger partial charge in [-0.3, -0.25) is 14.8 Å². The number of carbonyl (C=O) groups is 2. The quantitative estimate of drug-likeness (QED) is 0.745. The summed E-state index contributed by atoms with van der Waals surface area (Å²) < 4.78 is 41.3. The Morgan fingerprint density at radius 3 is 2.76 bits per heavy atom. The number of nitrogens with one attached hydrogen (secondary N) is 1. The third-order valence-electron chi connectivity index (χ3n) is 7.07. The minimum absolute atomic E-state index is 0.0432. The topological polar surface area (TPSA) is 83.4 Å². The van der Waals surface area contributed by atoms with E-state index in [4.69, 9.17) is 0 Å². The fourth-order valence-corrected chi connectivity index (χ4v) is 5.32. The van der Waals surface area contributed by atoms with Crippen molar-refractivity contribution in [3.05, 3.63) is 35.5 Å². The summed E-state index contributed by atoms with van der Waals surface area (Å²) in [7, 11) is 0. The molecule has 176 valence electrons. The van der Waals surface area contributed by atoms with Crippen LogP contribution in [0.1, 0.15) is 56.8 Å². The van der Waals surface area contributed by atoms with Gasteiger partial charge in [-0.15, -0.1) is 0 Å². The highest BCUT2D eigenvalue weighted by Gasteiger charge is 2.46. The highest BCUT2D eigenvalue weighted by molar-refractivity contribution is 5.97. The Morgan fingerprint density at radius 1 is 1.27 bits per heavy atom. The van der Waals surface area contributed by atoms with Crippen LogP contribution in [0, 0.1) is 11.2 Å². The number of anilines is 2. The summed E-state index contributed by atoms with van der Waals surface area (Å²) in [5.41, 5.74) is 0.510. The van der Waals surface area contributed by atoms with Crippen molar-refractivity contribution < 1.29 is 22.8 Å². The second kappa shape index (κ2) is 8.03. The number of nitrogens with zero attached hydrogens (tertiary/aromatic N) is 5. The Morgan fingerprint density at radius 2 is 2.03 bits per heavy atom. The molecule has 0 aromatic carbocycles. The van der Waals surface area contributed by atoms with Gasteiger partial charge in [-0.05, 0) is 37.3 Å². The van der Waals surface area contributed by atoms with Crippen molar-refractivity contribution in [3.63, 3.8) is 0 Å². The molecule has 1 N–H and O–H groups in total. The van der Waals surface area contributed by atoms with Crippen LogP contribution in [0.2, 0.25) is 0 Å². The van der Waals surface area contributed by atoms with Crippen molar-refractivity contribution in [1.82, 2.24) is 19.7 Å². The van der Waals surface area contributed by atoms with Crippen LogP contribution in [0.3, 0.4) is 0 Å². The van der Waals surface area contributed by atoms with Gasteiger partial charge in [-0.1, -0.05) is 12.8 Å². The van der Waals surface area contributed by atoms with Crippen LogP contribution in [-0.4, -0.2) is 44.2 Å². The Hall–Kier alpha value is -3.11. The highest BCUT2D eigenvalue weighted by Crippen LogP contribution is 2.47. The zero-order valence-electron chi connectivity index (χ0n) is 18.2. The third-order valence-corrected chi connectivity index (χ3v) is 7.07. The van der Waals surface area contributed by atoms with Gasteiger partial charge >= 0.3 is 6.03 Å². The van der Waals surface area contributed by atoms with E-state index >= 15 is 0 Å². The molecule has 1 saturated carbocycles. The Labute approximate surface area is 188 Å². The lowest BCUT2D eigenvalue weighted by Crippen LogP contribution is -2.47. The number of urea groups is 1. The summed E-state index contributed by atoms with van der Waals surface area (Å²) in [6, 6.07) is 1.22. The fourth-order valence-electron chi connectivity index (χ4n) is 5.32. The highest BCUT2D eigenvalue weighted by atomic mass is 19.3. The van der Waals surface area contributed by atoms with Gasteiger partial charge in [0, 0.05) is 13.0 Å². The lowest BCUT2D eigenvalue weighted by atomic mass is 9.85. The zero-order chi connectivity index (χ0) is 23.3. The molecule has 1 unspecified atom stereocenters. The van der Waals surface area contributed by atoms with Crippen molar-refractivity contribution in [2.24, 2.45) is 5.41 Å². The molecular formula is C22H25F3N6O2. The Bertz CT molecular complexity index is 1100. The van der Waals surface area contributed by atoms with Crippen LogP contribution in [0.5, 0.6) is 0 Å². The number of carbonyl (C=O) groups excluding carboxylic acids is 2. The molecule has 4 heterocycles. The van der Waals surface area contributed by atoms with Gasteiger partial charge in [0.05, 0.1) is 36.7 Å². The summed E-state index contributed by atoms with van der Waals surface area (Å²) >= 11 is 0. The average molecular weight is 462 g/mol. The van der Waals surface area contributed by atoms with E-state index in [1.54, 1.807) is 16.0 Å². The van der Waals surface area contributed by atoms with Crippen molar-refractivity contribution >= 4 is 23.4 Å². The van der Waals surface area contributed by atoms with Crippen LogP contribution in [0.25, 0.3) is 0 Å². The molecule has 0 bridgehead atoms. The van der Waals surface area contributed by atoms with Gasteiger partial charge < -0.3 is 9.80 Å². The summed E-state index contributed by atoms with van der Waals surface area (Å²) in [6.07, 6.45) is 3.53. The molecule has 1 spiro atoms. The second-order valence-electron chi connectivity index (χ2n) is 9.29. The molecule has 3 amide bonds. The largest absolute Gasteiger partial charge is 0.323 e. The maximum absolute atomic E-state index is 13.5. The molecule has 2 aliphatic heterocycles. The first-order valence-corrected chi connectivity index (χ1v) is 11.1. The second-order valence-corrected chi connectivity index (χ2v) is 9.29. The maximum atomic E-state index is 13.5. The molecule has 2 aromatic rings. The number of pyridine rings is 1. The predicted octanol–water partition coefficient (Wildman–Crippen LogP) is 4.09. The monoisotopic (exact) mass is 462 g/mol. The van der Waals surface area contributed by atoms with Gasteiger partial charge in [0.1, 0.15) is 11.5 Å². The van der Waals surface area contributed by atoms with Gasteiger partial charge in [0.2, 0.25) is 5.91 Å². The van der Waals surface area contributed by atoms with E-state index in [0.717, 1.165) is 43.5 Å². The van der Waals surface area contributed by atoms with E-state index in [1.807, 2.05) is 11.6 Å². The summed E-state index contributed by atoms with van der Waals surface area (Å²) in [6.45, 7) is 3.14. The molecule has 0 radical (unpaired) electrons. The number of hydrogen-bond donors (Lipinski definition) is 1. The fraction of sp³-hybridized carbons (Fsp3) is 0.545. The van der Waals surface area contributed by atoms with Gasteiger partial charge in [0.25, 0.3) is 6.43 Å². The minimum atomic E-state index is -3.09. The third kappa shape index (κ3) is 3.83. The van der Waals surface area contributed by atoms with E-state index in [9.17, 15) is 22.8 Å². The van der Waals surface area contributed by atoms with E-state index in [0.29, 0.717) is 25.2 Å². The van der Waals surface area contributed by atoms with Crippen molar-refractivity contribution in [2.45, 2.75) is 64.6 Å². The number of halogens is 3. The molecule has 3 aliphatic rings. The number of rotatable bonds is 3. The molecule has 5 rings (SSSR count). The number of aromatic nitrogens is 3. The lowest BCUT2D eigenvalue weighted by molar-refractivity contribution is -0.117. The molecule has 11 heteroatoms.